The van der Waals surface area contributed by atoms with Crippen LogP contribution in [0.15, 0.2) is 41.7 Å². The van der Waals surface area contributed by atoms with Crippen LogP contribution < -0.4 is 5.73 Å². The van der Waals surface area contributed by atoms with Crippen LogP contribution in [0.1, 0.15) is 18.7 Å². The fourth-order valence-electron chi connectivity index (χ4n) is 2.07. The Balaban J connectivity index is 1.75. The van der Waals surface area contributed by atoms with E-state index >= 15 is 0 Å². The molecule has 1 fully saturated rings. The van der Waals surface area contributed by atoms with Gasteiger partial charge >= 0.3 is 0 Å². The molecule has 2 aromatic rings. The number of nitrogens with zero attached hydrogens (tertiary/aromatic N) is 5. The number of hydrogen-bond acceptors (Lipinski definition) is 3. The number of nitrogens with two attached hydrogens (primary N) is 1. The molecule has 1 aromatic carbocycles. The Labute approximate surface area is 117 Å². The molecule has 0 bridgehead atoms. The third-order valence-electron chi connectivity index (χ3n) is 3.46. The van der Waals surface area contributed by atoms with Gasteiger partial charge in [0.2, 0.25) is 0 Å². The first-order valence-electron chi connectivity index (χ1n) is 6.73. The van der Waals surface area contributed by atoms with Gasteiger partial charge in [-0.1, -0.05) is 18.2 Å². The lowest BCUT2D eigenvalue weighted by atomic mass is 10.3. The van der Waals surface area contributed by atoms with Gasteiger partial charge in [0.1, 0.15) is 12.9 Å². The van der Waals surface area contributed by atoms with Gasteiger partial charge in [0, 0.05) is 13.1 Å². The molecule has 0 aliphatic heterocycles. The molecule has 0 spiro atoms. The van der Waals surface area contributed by atoms with Gasteiger partial charge in [-0.05, 0) is 25.0 Å². The summed E-state index contributed by atoms with van der Waals surface area (Å²) in [5.41, 5.74) is 6.96. The summed E-state index contributed by atoms with van der Waals surface area (Å²) in [5.74, 6) is 1.35. The Morgan fingerprint density at radius 3 is 2.85 bits per heavy atom. The second-order valence-electron chi connectivity index (χ2n) is 4.94. The molecular weight excluding hydrogens is 252 g/mol. The summed E-state index contributed by atoms with van der Waals surface area (Å²) in [4.78, 5) is 10.7. The van der Waals surface area contributed by atoms with E-state index in [9.17, 15) is 0 Å². The van der Waals surface area contributed by atoms with Gasteiger partial charge in [-0.3, -0.25) is 0 Å². The van der Waals surface area contributed by atoms with E-state index in [1.54, 1.807) is 11.0 Å². The maximum Gasteiger partial charge on any atom is 0.191 e. The first-order valence-corrected chi connectivity index (χ1v) is 6.73. The molecule has 0 amide bonds. The van der Waals surface area contributed by atoms with Crippen molar-refractivity contribution in [2.45, 2.75) is 25.4 Å². The Kier molecular flexibility index (Phi) is 3.37. The SMILES string of the molecule is CN(C(N)=NCc1ncnn1-c1ccccc1)C1CC1. The van der Waals surface area contributed by atoms with Crippen LogP contribution >= 0.6 is 0 Å². The normalized spacial score (nSPS) is 15.3. The average Bonchev–Trinajstić information content (AvgIpc) is 3.23. The molecule has 1 aromatic heterocycles. The van der Waals surface area contributed by atoms with Crippen LogP contribution in [0.2, 0.25) is 0 Å². The summed E-state index contributed by atoms with van der Waals surface area (Å²) in [6, 6.07) is 10.5. The van der Waals surface area contributed by atoms with Crippen molar-refractivity contribution in [3.8, 4) is 5.69 Å². The van der Waals surface area contributed by atoms with Crippen LogP contribution in [0.5, 0.6) is 0 Å². The van der Waals surface area contributed by atoms with E-state index in [1.165, 1.54) is 12.8 Å². The number of para-hydroxylation sites is 1. The zero-order valence-electron chi connectivity index (χ0n) is 11.5. The highest BCUT2D eigenvalue weighted by atomic mass is 15.3. The molecule has 1 saturated carbocycles. The predicted octanol–water partition coefficient (Wildman–Crippen LogP) is 1.18. The molecule has 1 aliphatic carbocycles. The Hall–Kier alpha value is -2.37. The summed E-state index contributed by atoms with van der Waals surface area (Å²) < 4.78 is 1.79. The third-order valence-corrected chi connectivity index (χ3v) is 3.46. The minimum absolute atomic E-state index is 0.428. The molecule has 1 aliphatic rings. The van der Waals surface area contributed by atoms with Crippen molar-refractivity contribution >= 4 is 5.96 Å². The van der Waals surface area contributed by atoms with E-state index in [1.807, 2.05) is 42.3 Å². The van der Waals surface area contributed by atoms with E-state index in [4.69, 9.17) is 5.73 Å². The third kappa shape index (κ3) is 2.64. The fraction of sp³-hybridized carbons (Fsp3) is 0.357. The summed E-state index contributed by atoms with van der Waals surface area (Å²) in [6.07, 6.45) is 3.94. The second kappa shape index (κ2) is 5.32. The van der Waals surface area contributed by atoms with Crippen LogP contribution in [0, 0.1) is 0 Å². The number of rotatable bonds is 4. The van der Waals surface area contributed by atoms with Gasteiger partial charge in [-0.2, -0.15) is 5.10 Å². The van der Waals surface area contributed by atoms with Crippen molar-refractivity contribution in [3.05, 3.63) is 42.5 Å². The molecule has 0 unspecified atom stereocenters. The smallest absolute Gasteiger partial charge is 0.191 e. The quantitative estimate of drug-likeness (QED) is 0.669. The number of aliphatic imine (C=N–C) groups is 1. The number of benzene rings is 1. The monoisotopic (exact) mass is 270 g/mol. The van der Waals surface area contributed by atoms with Crippen molar-refractivity contribution in [2.24, 2.45) is 10.7 Å². The average molecular weight is 270 g/mol. The van der Waals surface area contributed by atoms with Crippen molar-refractivity contribution in [3.63, 3.8) is 0 Å². The highest BCUT2D eigenvalue weighted by Gasteiger charge is 2.27. The van der Waals surface area contributed by atoms with Crippen LogP contribution in [0.4, 0.5) is 0 Å². The Bertz CT molecular complexity index is 599. The Morgan fingerprint density at radius 2 is 2.15 bits per heavy atom. The lowest BCUT2D eigenvalue weighted by Gasteiger charge is -2.16. The fourth-order valence-corrected chi connectivity index (χ4v) is 2.07. The van der Waals surface area contributed by atoms with Crippen LogP contribution in [0.3, 0.4) is 0 Å². The minimum atomic E-state index is 0.428. The molecule has 6 heteroatoms. The maximum atomic E-state index is 5.98. The van der Waals surface area contributed by atoms with E-state index in [2.05, 4.69) is 15.1 Å². The highest BCUT2D eigenvalue weighted by molar-refractivity contribution is 5.78. The van der Waals surface area contributed by atoms with E-state index in [0.29, 0.717) is 18.5 Å². The predicted molar refractivity (Wildman–Crippen MR) is 77.5 cm³/mol. The van der Waals surface area contributed by atoms with E-state index in [-0.39, 0.29) is 0 Å². The molecule has 104 valence electrons. The molecular formula is C14H18N6. The molecule has 2 N–H and O–H groups in total. The summed E-state index contributed by atoms with van der Waals surface area (Å²) >= 11 is 0. The topological polar surface area (TPSA) is 72.3 Å². The number of aromatic nitrogens is 3. The second-order valence-corrected chi connectivity index (χ2v) is 4.94. The van der Waals surface area contributed by atoms with Gasteiger partial charge in [0.05, 0.1) is 5.69 Å². The minimum Gasteiger partial charge on any atom is -0.370 e. The lowest BCUT2D eigenvalue weighted by Crippen LogP contribution is -2.35. The molecule has 3 rings (SSSR count). The van der Waals surface area contributed by atoms with Gasteiger partial charge in [0.15, 0.2) is 11.8 Å². The van der Waals surface area contributed by atoms with Crippen molar-refractivity contribution in [2.75, 3.05) is 7.05 Å². The number of hydrogen-bond donors (Lipinski definition) is 1. The van der Waals surface area contributed by atoms with E-state index in [0.717, 1.165) is 11.5 Å². The van der Waals surface area contributed by atoms with Gasteiger partial charge in [0.25, 0.3) is 0 Å². The molecule has 0 saturated heterocycles. The zero-order valence-corrected chi connectivity index (χ0v) is 11.5. The summed E-state index contributed by atoms with van der Waals surface area (Å²) in [6.45, 7) is 0.428. The standard InChI is InChI=1S/C14H18N6/c1-19(11-7-8-11)14(15)16-9-13-17-10-18-20(13)12-5-3-2-4-6-12/h2-6,10-11H,7-9H2,1H3,(H2,15,16). The van der Waals surface area contributed by atoms with Crippen LogP contribution in [-0.2, 0) is 6.54 Å². The molecule has 20 heavy (non-hydrogen) atoms. The van der Waals surface area contributed by atoms with Crippen LogP contribution in [0.25, 0.3) is 5.69 Å². The van der Waals surface area contributed by atoms with Gasteiger partial charge in [-0.15, -0.1) is 0 Å². The first kappa shape index (κ1) is 12.7. The maximum absolute atomic E-state index is 5.98. The molecule has 0 radical (unpaired) electrons. The Morgan fingerprint density at radius 1 is 1.40 bits per heavy atom. The highest BCUT2D eigenvalue weighted by Crippen LogP contribution is 2.24. The molecule has 1 heterocycles. The molecule has 6 nitrogen and oxygen atoms in total. The van der Waals surface area contributed by atoms with E-state index < -0.39 is 0 Å². The van der Waals surface area contributed by atoms with Crippen molar-refractivity contribution in [1.82, 2.24) is 19.7 Å². The van der Waals surface area contributed by atoms with Crippen molar-refractivity contribution in [1.29, 1.82) is 0 Å². The van der Waals surface area contributed by atoms with Gasteiger partial charge < -0.3 is 10.6 Å². The first-order chi connectivity index (χ1) is 9.75. The van der Waals surface area contributed by atoms with Gasteiger partial charge in [-0.25, -0.2) is 14.7 Å². The lowest BCUT2D eigenvalue weighted by molar-refractivity contribution is 0.486. The zero-order chi connectivity index (χ0) is 13.9. The van der Waals surface area contributed by atoms with Crippen molar-refractivity contribution < 1.29 is 0 Å². The largest absolute Gasteiger partial charge is 0.370 e. The number of guanidine groups is 1. The molecule has 0 atom stereocenters. The summed E-state index contributed by atoms with van der Waals surface area (Å²) in [7, 11) is 1.98. The van der Waals surface area contributed by atoms with Crippen LogP contribution in [-0.4, -0.2) is 38.7 Å². The summed E-state index contributed by atoms with van der Waals surface area (Å²) in [5, 5.41) is 4.24.